The lowest BCUT2D eigenvalue weighted by atomic mass is 9.92. The molecule has 0 amide bonds. The van der Waals surface area contributed by atoms with Crippen LogP contribution in [0.2, 0.25) is 0 Å². The Balaban J connectivity index is 2.45. The summed E-state index contributed by atoms with van der Waals surface area (Å²) in [6.07, 6.45) is 0.737. The van der Waals surface area contributed by atoms with Crippen molar-refractivity contribution in [2.24, 2.45) is 5.41 Å². The zero-order chi connectivity index (χ0) is 13.4. The van der Waals surface area contributed by atoms with Crippen LogP contribution in [-0.2, 0) is 6.54 Å². The molecule has 0 unspecified atom stereocenters. The van der Waals surface area contributed by atoms with E-state index in [0.29, 0.717) is 6.61 Å². The third-order valence-corrected chi connectivity index (χ3v) is 2.78. The second-order valence-electron chi connectivity index (χ2n) is 5.02. The van der Waals surface area contributed by atoms with Crippen molar-refractivity contribution in [1.29, 1.82) is 5.26 Å². The average Bonchev–Trinajstić information content (AvgIpc) is 2.37. The van der Waals surface area contributed by atoms with Gasteiger partial charge < -0.3 is 10.1 Å². The highest BCUT2D eigenvalue weighted by atomic mass is 16.5. The van der Waals surface area contributed by atoms with Gasteiger partial charge in [-0.1, -0.05) is 19.1 Å². The molecule has 0 aliphatic heterocycles. The Morgan fingerprint density at radius 1 is 1.39 bits per heavy atom. The summed E-state index contributed by atoms with van der Waals surface area (Å²) in [5.41, 5.74) is 0.898. The monoisotopic (exact) mass is 246 g/mol. The summed E-state index contributed by atoms with van der Waals surface area (Å²) in [6, 6.07) is 10.3. The molecule has 98 valence electrons. The van der Waals surface area contributed by atoms with Gasteiger partial charge in [-0.15, -0.1) is 0 Å². The van der Waals surface area contributed by atoms with E-state index in [9.17, 15) is 0 Å². The van der Waals surface area contributed by atoms with Gasteiger partial charge in [0.25, 0.3) is 0 Å². The molecule has 1 aromatic carbocycles. The zero-order valence-corrected chi connectivity index (χ0v) is 11.5. The molecule has 0 aromatic heterocycles. The molecule has 0 aliphatic rings. The van der Waals surface area contributed by atoms with Gasteiger partial charge >= 0.3 is 0 Å². The smallest absolute Gasteiger partial charge is 0.119 e. The molecule has 0 fully saturated rings. The number of nitrogens with zero attached hydrogens (tertiary/aromatic N) is 1. The molecule has 18 heavy (non-hydrogen) atoms. The van der Waals surface area contributed by atoms with Crippen molar-refractivity contribution in [3.63, 3.8) is 0 Å². The first-order valence-corrected chi connectivity index (χ1v) is 6.41. The largest absolute Gasteiger partial charge is 0.494 e. The molecule has 1 rings (SSSR count). The number of ether oxygens (including phenoxy) is 1. The Hall–Kier alpha value is -1.53. The van der Waals surface area contributed by atoms with Crippen LogP contribution in [0.1, 0.15) is 32.8 Å². The van der Waals surface area contributed by atoms with Gasteiger partial charge in [-0.3, -0.25) is 0 Å². The summed E-state index contributed by atoms with van der Waals surface area (Å²) in [6.45, 7) is 8.34. The highest BCUT2D eigenvalue weighted by Crippen LogP contribution is 2.20. The topological polar surface area (TPSA) is 45.0 Å². The van der Waals surface area contributed by atoms with E-state index in [1.807, 2.05) is 32.0 Å². The van der Waals surface area contributed by atoms with E-state index in [4.69, 9.17) is 10.00 Å². The molecule has 0 atom stereocenters. The summed E-state index contributed by atoms with van der Waals surface area (Å²) in [5, 5.41) is 12.2. The second-order valence-corrected chi connectivity index (χ2v) is 5.02. The Morgan fingerprint density at radius 3 is 2.83 bits per heavy atom. The minimum atomic E-state index is -0.318. The van der Waals surface area contributed by atoms with Crippen LogP contribution in [0, 0.1) is 16.7 Å². The first kappa shape index (κ1) is 14.5. The molecule has 3 nitrogen and oxygen atoms in total. The maximum Gasteiger partial charge on any atom is 0.119 e. The van der Waals surface area contributed by atoms with Gasteiger partial charge in [0.2, 0.25) is 0 Å². The number of hydrogen-bond acceptors (Lipinski definition) is 3. The number of nitrogens with one attached hydrogen (secondary N) is 1. The number of rotatable bonds is 7. The molecule has 1 N–H and O–H groups in total. The quantitative estimate of drug-likeness (QED) is 0.804. The van der Waals surface area contributed by atoms with Gasteiger partial charge in [0.15, 0.2) is 0 Å². The van der Waals surface area contributed by atoms with Crippen LogP contribution in [0.5, 0.6) is 5.75 Å². The second kappa shape index (κ2) is 7.03. The van der Waals surface area contributed by atoms with E-state index in [1.165, 1.54) is 5.56 Å². The molecule has 0 spiro atoms. The average molecular weight is 246 g/mol. The van der Waals surface area contributed by atoms with Crippen molar-refractivity contribution in [2.45, 2.75) is 33.7 Å². The van der Waals surface area contributed by atoms with Crippen LogP contribution in [-0.4, -0.2) is 13.2 Å². The van der Waals surface area contributed by atoms with Gasteiger partial charge in [-0.25, -0.2) is 0 Å². The van der Waals surface area contributed by atoms with E-state index in [1.54, 1.807) is 0 Å². The summed E-state index contributed by atoms with van der Waals surface area (Å²) >= 11 is 0. The molecular formula is C15H22N2O. The minimum absolute atomic E-state index is 0.318. The van der Waals surface area contributed by atoms with Gasteiger partial charge in [0.05, 0.1) is 18.1 Å². The predicted octanol–water partition coefficient (Wildman–Crippen LogP) is 3.11. The van der Waals surface area contributed by atoms with Crippen LogP contribution in [0.4, 0.5) is 0 Å². The molecule has 0 saturated carbocycles. The fourth-order valence-corrected chi connectivity index (χ4v) is 1.49. The van der Waals surface area contributed by atoms with Gasteiger partial charge in [0.1, 0.15) is 5.75 Å². The summed E-state index contributed by atoms with van der Waals surface area (Å²) in [4.78, 5) is 0. The van der Waals surface area contributed by atoms with E-state index >= 15 is 0 Å². The van der Waals surface area contributed by atoms with Crippen LogP contribution < -0.4 is 10.1 Å². The fraction of sp³-hybridized carbons (Fsp3) is 0.533. The Morgan fingerprint density at radius 2 is 2.17 bits per heavy atom. The third kappa shape index (κ3) is 5.20. The first-order valence-electron chi connectivity index (χ1n) is 6.41. The lowest BCUT2D eigenvalue weighted by molar-refractivity contribution is 0.264. The van der Waals surface area contributed by atoms with Gasteiger partial charge in [-0.05, 0) is 44.5 Å². The SMILES string of the molecule is CCNCc1cccc(OCCC(C)(C)C#N)c1. The summed E-state index contributed by atoms with van der Waals surface area (Å²) < 4.78 is 5.69. The lowest BCUT2D eigenvalue weighted by Crippen LogP contribution is -2.13. The highest BCUT2D eigenvalue weighted by Gasteiger charge is 2.16. The lowest BCUT2D eigenvalue weighted by Gasteiger charge is -2.15. The van der Waals surface area contributed by atoms with Crippen LogP contribution in [0.15, 0.2) is 24.3 Å². The molecule has 0 radical (unpaired) electrons. The van der Waals surface area contributed by atoms with Gasteiger partial charge in [-0.2, -0.15) is 5.26 Å². The fourth-order valence-electron chi connectivity index (χ4n) is 1.49. The number of hydrogen-bond donors (Lipinski definition) is 1. The third-order valence-electron chi connectivity index (χ3n) is 2.78. The van der Waals surface area contributed by atoms with Crippen molar-refractivity contribution in [2.75, 3.05) is 13.2 Å². The molecule has 1 aromatic rings. The zero-order valence-electron chi connectivity index (χ0n) is 11.5. The Kier molecular flexibility index (Phi) is 5.67. The summed E-state index contributed by atoms with van der Waals surface area (Å²) in [7, 11) is 0. The predicted molar refractivity (Wildman–Crippen MR) is 73.3 cm³/mol. The molecule has 0 bridgehead atoms. The first-order chi connectivity index (χ1) is 8.57. The standard InChI is InChI=1S/C15H22N2O/c1-4-17-11-13-6-5-7-14(10-13)18-9-8-15(2,3)12-16/h5-7,10,17H,4,8-9,11H2,1-3H3. The number of benzene rings is 1. The van der Waals surface area contributed by atoms with Crippen LogP contribution >= 0.6 is 0 Å². The molecule has 0 aliphatic carbocycles. The van der Waals surface area contributed by atoms with Crippen LogP contribution in [0.25, 0.3) is 0 Å². The van der Waals surface area contributed by atoms with Crippen molar-refractivity contribution < 1.29 is 4.74 Å². The van der Waals surface area contributed by atoms with Crippen molar-refractivity contribution >= 4 is 0 Å². The maximum atomic E-state index is 8.92. The summed E-state index contributed by atoms with van der Waals surface area (Å²) in [5.74, 6) is 0.874. The number of nitriles is 1. The van der Waals surface area contributed by atoms with E-state index in [2.05, 4.69) is 24.4 Å². The maximum absolute atomic E-state index is 8.92. The molecule has 3 heteroatoms. The van der Waals surface area contributed by atoms with Crippen molar-refractivity contribution in [3.05, 3.63) is 29.8 Å². The molecule has 0 saturated heterocycles. The van der Waals surface area contributed by atoms with Crippen LogP contribution in [0.3, 0.4) is 0 Å². The Labute approximate surface area is 110 Å². The van der Waals surface area contributed by atoms with E-state index < -0.39 is 0 Å². The van der Waals surface area contributed by atoms with Gasteiger partial charge in [0, 0.05) is 6.54 Å². The normalized spacial score (nSPS) is 11.0. The molecular weight excluding hydrogens is 224 g/mol. The Bertz CT molecular complexity index is 407. The van der Waals surface area contributed by atoms with Crippen molar-refractivity contribution in [1.82, 2.24) is 5.32 Å². The van der Waals surface area contributed by atoms with E-state index in [-0.39, 0.29) is 5.41 Å². The van der Waals surface area contributed by atoms with E-state index in [0.717, 1.165) is 25.3 Å². The van der Waals surface area contributed by atoms with Crippen molar-refractivity contribution in [3.8, 4) is 11.8 Å². The molecule has 0 heterocycles. The highest BCUT2D eigenvalue weighted by molar-refractivity contribution is 5.28. The minimum Gasteiger partial charge on any atom is -0.494 e.